The summed E-state index contributed by atoms with van der Waals surface area (Å²) in [6, 6.07) is 13.8. The third-order valence-corrected chi connectivity index (χ3v) is 3.90. The monoisotopic (exact) mass is 314 g/mol. The van der Waals surface area contributed by atoms with Crippen molar-refractivity contribution in [2.24, 2.45) is 0 Å². The zero-order chi connectivity index (χ0) is 16.1. The van der Waals surface area contributed by atoms with Crippen LogP contribution in [0.15, 0.2) is 48.5 Å². The van der Waals surface area contributed by atoms with Gasteiger partial charge in [0.15, 0.2) is 0 Å². The van der Waals surface area contributed by atoms with Gasteiger partial charge in [0, 0.05) is 11.6 Å². The molecule has 2 N–H and O–H groups in total. The number of carbonyl (C=O) groups excluding carboxylic acids is 1. The Labute approximate surface area is 134 Å². The van der Waals surface area contributed by atoms with Crippen LogP contribution in [0.4, 0.5) is 14.9 Å². The van der Waals surface area contributed by atoms with Gasteiger partial charge in [-0.3, -0.25) is 5.32 Å². The Morgan fingerprint density at radius 2 is 2.00 bits per heavy atom. The molecule has 4 nitrogen and oxygen atoms in total. The summed E-state index contributed by atoms with van der Waals surface area (Å²) in [5.41, 5.74) is 2.30. The molecule has 0 bridgehead atoms. The minimum atomic E-state index is -0.478. The van der Waals surface area contributed by atoms with Crippen LogP contribution in [-0.4, -0.2) is 25.3 Å². The maximum Gasteiger partial charge on any atom is 0.411 e. The third-order valence-electron chi connectivity index (χ3n) is 3.90. The molecule has 1 fully saturated rings. The first-order valence-electron chi connectivity index (χ1n) is 7.74. The van der Waals surface area contributed by atoms with Gasteiger partial charge in [-0.25, -0.2) is 9.18 Å². The lowest BCUT2D eigenvalue weighted by atomic mass is 10.0. The molecule has 0 saturated carbocycles. The van der Waals surface area contributed by atoms with E-state index >= 15 is 0 Å². The van der Waals surface area contributed by atoms with Gasteiger partial charge in [-0.2, -0.15) is 0 Å². The average Bonchev–Trinajstić information content (AvgIpc) is 3.08. The van der Waals surface area contributed by atoms with E-state index in [0.717, 1.165) is 30.5 Å². The van der Waals surface area contributed by atoms with Gasteiger partial charge in [-0.15, -0.1) is 0 Å². The molecule has 0 aromatic heterocycles. The first-order chi connectivity index (χ1) is 11.2. The second-order valence-electron chi connectivity index (χ2n) is 5.57. The molecule has 0 radical (unpaired) electrons. The minimum absolute atomic E-state index is 0.244. The highest BCUT2D eigenvalue weighted by molar-refractivity contribution is 5.91. The second-order valence-corrected chi connectivity index (χ2v) is 5.57. The fourth-order valence-electron chi connectivity index (χ4n) is 2.69. The van der Waals surface area contributed by atoms with Crippen LogP contribution in [0, 0.1) is 5.82 Å². The molecule has 1 amide bonds. The fraction of sp³-hybridized carbons (Fsp3) is 0.278. The van der Waals surface area contributed by atoms with Crippen molar-refractivity contribution in [1.82, 2.24) is 5.32 Å². The van der Waals surface area contributed by atoms with Gasteiger partial charge in [0.25, 0.3) is 0 Å². The average molecular weight is 314 g/mol. The standard InChI is InChI=1S/C18H19FN2O2/c19-14-9-7-13(8-10-14)16-5-1-2-6-17(16)21-18(22)23-12-15-4-3-11-20-15/h1-2,5-10,15,20H,3-4,11-12H2,(H,21,22)/t15-/m1/s1. The Morgan fingerprint density at radius 1 is 1.22 bits per heavy atom. The van der Waals surface area contributed by atoms with Crippen molar-refractivity contribution in [3.63, 3.8) is 0 Å². The summed E-state index contributed by atoms with van der Waals surface area (Å²) in [5, 5.41) is 6.04. The molecule has 1 aliphatic rings. The highest BCUT2D eigenvalue weighted by Gasteiger charge is 2.16. The van der Waals surface area contributed by atoms with Gasteiger partial charge in [-0.1, -0.05) is 30.3 Å². The van der Waals surface area contributed by atoms with E-state index in [-0.39, 0.29) is 11.9 Å². The smallest absolute Gasteiger partial charge is 0.411 e. The first-order valence-corrected chi connectivity index (χ1v) is 7.74. The SMILES string of the molecule is O=C(Nc1ccccc1-c1ccc(F)cc1)OC[C@H]1CCCN1. The van der Waals surface area contributed by atoms with Crippen molar-refractivity contribution in [3.8, 4) is 11.1 Å². The number of halogens is 1. The molecule has 0 aliphatic carbocycles. The van der Waals surface area contributed by atoms with Gasteiger partial charge < -0.3 is 10.1 Å². The lowest BCUT2D eigenvalue weighted by Gasteiger charge is -2.14. The van der Waals surface area contributed by atoms with Crippen LogP contribution >= 0.6 is 0 Å². The molecule has 1 heterocycles. The molecule has 120 valence electrons. The van der Waals surface area contributed by atoms with Crippen LogP contribution in [0.1, 0.15) is 12.8 Å². The molecule has 23 heavy (non-hydrogen) atoms. The molecule has 1 atom stereocenters. The Balaban J connectivity index is 1.67. The topological polar surface area (TPSA) is 50.4 Å². The normalized spacial score (nSPS) is 17.0. The summed E-state index contributed by atoms with van der Waals surface area (Å²) in [4.78, 5) is 12.0. The summed E-state index contributed by atoms with van der Waals surface area (Å²) < 4.78 is 18.3. The fourth-order valence-corrected chi connectivity index (χ4v) is 2.69. The second kappa shape index (κ2) is 7.24. The molecule has 0 spiro atoms. The zero-order valence-corrected chi connectivity index (χ0v) is 12.7. The van der Waals surface area contributed by atoms with Crippen LogP contribution in [-0.2, 0) is 4.74 Å². The van der Waals surface area contributed by atoms with Crippen molar-refractivity contribution in [2.45, 2.75) is 18.9 Å². The molecule has 5 heteroatoms. The number of amides is 1. The summed E-state index contributed by atoms with van der Waals surface area (Å²) in [7, 11) is 0. The number of ether oxygens (including phenoxy) is 1. The maximum atomic E-state index is 13.1. The predicted molar refractivity (Wildman–Crippen MR) is 87.8 cm³/mol. The van der Waals surface area contributed by atoms with Gasteiger partial charge >= 0.3 is 6.09 Å². The summed E-state index contributed by atoms with van der Waals surface area (Å²) in [6.07, 6.45) is 1.66. The number of para-hydroxylation sites is 1. The van der Waals surface area contributed by atoms with E-state index < -0.39 is 6.09 Å². The molecular formula is C18H19FN2O2. The van der Waals surface area contributed by atoms with E-state index in [2.05, 4.69) is 10.6 Å². The Hall–Kier alpha value is -2.40. The van der Waals surface area contributed by atoms with Crippen LogP contribution in [0.2, 0.25) is 0 Å². The van der Waals surface area contributed by atoms with Crippen molar-refractivity contribution >= 4 is 11.8 Å². The number of hydrogen-bond donors (Lipinski definition) is 2. The van der Waals surface area contributed by atoms with E-state index in [1.54, 1.807) is 18.2 Å². The largest absolute Gasteiger partial charge is 0.448 e. The molecular weight excluding hydrogens is 295 g/mol. The summed E-state index contributed by atoms with van der Waals surface area (Å²) >= 11 is 0. The van der Waals surface area contributed by atoms with Crippen molar-refractivity contribution in [1.29, 1.82) is 0 Å². The zero-order valence-electron chi connectivity index (χ0n) is 12.7. The predicted octanol–water partition coefficient (Wildman–Crippen LogP) is 3.79. The van der Waals surface area contributed by atoms with Gasteiger partial charge in [0.05, 0.1) is 5.69 Å². The van der Waals surface area contributed by atoms with Crippen LogP contribution in [0.5, 0.6) is 0 Å². The number of anilines is 1. The first kappa shape index (κ1) is 15.5. The van der Waals surface area contributed by atoms with E-state index in [1.165, 1.54) is 12.1 Å². The van der Waals surface area contributed by atoms with E-state index in [0.29, 0.717) is 12.3 Å². The number of nitrogens with one attached hydrogen (secondary N) is 2. The molecule has 0 unspecified atom stereocenters. The summed E-state index contributed by atoms with van der Waals surface area (Å²) in [6.45, 7) is 1.34. The number of benzene rings is 2. The van der Waals surface area contributed by atoms with Crippen LogP contribution in [0.3, 0.4) is 0 Å². The lowest BCUT2D eigenvalue weighted by Crippen LogP contribution is -2.29. The molecule has 1 saturated heterocycles. The lowest BCUT2D eigenvalue weighted by molar-refractivity contribution is 0.151. The number of carbonyl (C=O) groups is 1. The Kier molecular flexibility index (Phi) is 4.88. The third kappa shape index (κ3) is 4.07. The summed E-state index contributed by atoms with van der Waals surface area (Å²) in [5.74, 6) is -0.289. The van der Waals surface area contributed by atoms with Crippen LogP contribution < -0.4 is 10.6 Å². The Bertz CT molecular complexity index is 667. The van der Waals surface area contributed by atoms with E-state index in [9.17, 15) is 9.18 Å². The van der Waals surface area contributed by atoms with Crippen LogP contribution in [0.25, 0.3) is 11.1 Å². The highest BCUT2D eigenvalue weighted by atomic mass is 19.1. The number of hydrogen-bond acceptors (Lipinski definition) is 3. The van der Waals surface area contributed by atoms with Gasteiger partial charge in [-0.05, 0) is 43.1 Å². The highest BCUT2D eigenvalue weighted by Crippen LogP contribution is 2.28. The molecule has 1 aliphatic heterocycles. The van der Waals surface area contributed by atoms with Crippen molar-refractivity contribution < 1.29 is 13.9 Å². The molecule has 2 aromatic carbocycles. The Morgan fingerprint density at radius 3 is 2.74 bits per heavy atom. The molecule has 3 rings (SSSR count). The van der Waals surface area contributed by atoms with Crippen molar-refractivity contribution in [3.05, 3.63) is 54.3 Å². The number of rotatable bonds is 4. The van der Waals surface area contributed by atoms with E-state index in [4.69, 9.17) is 4.74 Å². The quantitative estimate of drug-likeness (QED) is 0.902. The molecule has 2 aromatic rings. The van der Waals surface area contributed by atoms with Crippen molar-refractivity contribution in [2.75, 3.05) is 18.5 Å². The van der Waals surface area contributed by atoms with Gasteiger partial charge in [0.1, 0.15) is 12.4 Å². The van der Waals surface area contributed by atoms with Gasteiger partial charge in [0.2, 0.25) is 0 Å². The minimum Gasteiger partial charge on any atom is -0.448 e. The maximum absolute atomic E-state index is 13.1. The van der Waals surface area contributed by atoms with E-state index in [1.807, 2.05) is 18.2 Å².